The zero-order valence-corrected chi connectivity index (χ0v) is 17.4. The molecule has 13 heteroatoms. The summed E-state index contributed by atoms with van der Waals surface area (Å²) in [5.41, 5.74) is 5.59. The minimum Gasteiger partial charge on any atom is -0.382 e. The van der Waals surface area contributed by atoms with Gasteiger partial charge in [0.25, 0.3) is 0 Å². The van der Waals surface area contributed by atoms with E-state index in [0.717, 1.165) is 41.4 Å². The van der Waals surface area contributed by atoms with E-state index in [-0.39, 0.29) is 31.5 Å². The molecule has 29 heavy (non-hydrogen) atoms. The Morgan fingerprint density at radius 2 is 2.03 bits per heavy atom. The molecule has 0 saturated heterocycles. The van der Waals surface area contributed by atoms with Crippen LogP contribution in [0.2, 0.25) is 4.34 Å². The predicted octanol–water partition coefficient (Wildman–Crippen LogP) is 3.62. The number of hydrogen-bond acceptors (Lipinski definition) is 8. The number of nitrogens with one attached hydrogen (secondary N) is 1. The van der Waals surface area contributed by atoms with Crippen LogP contribution in [0.3, 0.4) is 0 Å². The Bertz CT molecular complexity index is 1190. The fraction of sp³-hybridized carbons (Fsp3) is 0.0625. The average molecular weight is 477 g/mol. The van der Waals surface area contributed by atoms with Gasteiger partial charge in [-0.05, 0) is 24.3 Å². The Hall–Kier alpha value is -2.28. The molecular formula is C16H11ClF2N4O3S3. The van der Waals surface area contributed by atoms with E-state index in [4.69, 9.17) is 17.3 Å². The highest BCUT2D eigenvalue weighted by molar-refractivity contribution is 7.99. The number of nitrogens with two attached hydrogens (primary N) is 1. The highest BCUT2D eigenvalue weighted by Gasteiger charge is 2.24. The first-order valence-electron chi connectivity index (χ1n) is 7.67. The lowest BCUT2D eigenvalue weighted by molar-refractivity contribution is -0.113. The molecule has 152 valence electrons. The topological polar surface area (TPSA) is 115 Å². The maximum absolute atomic E-state index is 13.6. The molecule has 2 heterocycles. The summed E-state index contributed by atoms with van der Waals surface area (Å²) in [5, 5.41) is 2.34. The van der Waals surface area contributed by atoms with Gasteiger partial charge in [-0.3, -0.25) is 4.79 Å². The number of thiophene rings is 1. The van der Waals surface area contributed by atoms with Crippen LogP contribution in [0.1, 0.15) is 0 Å². The Morgan fingerprint density at radius 3 is 2.66 bits per heavy atom. The smallest absolute Gasteiger partial charge is 0.234 e. The van der Waals surface area contributed by atoms with Crippen LogP contribution in [0.5, 0.6) is 0 Å². The van der Waals surface area contributed by atoms with E-state index in [1.54, 1.807) is 0 Å². The highest BCUT2D eigenvalue weighted by atomic mass is 35.5. The lowest BCUT2D eigenvalue weighted by Gasteiger charge is -2.08. The molecule has 0 bridgehead atoms. The van der Waals surface area contributed by atoms with Gasteiger partial charge in [-0.2, -0.15) is 0 Å². The molecule has 0 aliphatic carbocycles. The molecule has 0 spiro atoms. The summed E-state index contributed by atoms with van der Waals surface area (Å²) in [5.74, 6) is -2.75. The third-order valence-electron chi connectivity index (χ3n) is 3.40. The Morgan fingerprint density at radius 1 is 1.28 bits per heavy atom. The van der Waals surface area contributed by atoms with Crippen molar-refractivity contribution in [3.63, 3.8) is 0 Å². The van der Waals surface area contributed by atoms with E-state index in [9.17, 15) is 22.0 Å². The number of anilines is 2. The van der Waals surface area contributed by atoms with Crippen LogP contribution < -0.4 is 11.1 Å². The van der Waals surface area contributed by atoms with Crippen LogP contribution >= 0.6 is 34.7 Å². The molecular weight excluding hydrogens is 466 g/mol. The maximum Gasteiger partial charge on any atom is 0.234 e. The van der Waals surface area contributed by atoms with Crippen LogP contribution in [0.25, 0.3) is 0 Å². The number of amides is 1. The van der Waals surface area contributed by atoms with E-state index >= 15 is 0 Å². The number of thioether (sulfide) groups is 1. The van der Waals surface area contributed by atoms with Crippen molar-refractivity contribution in [1.29, 1.82) is 0 Å². The molecule has 1 amide bonds. The number of nitrogen functional groups attached to an aromatic ring is 1. The quantitative estimate of drug-likeness (QED) is 0.412. The number of aromatic nitrogens is 2. The largest absolute Gasteiger partial charge is 0.382 e. The predicted molar refractivity (Wildman–Crippen MR) is 107 cm³/mol. The zero-order chi connectivity index (χ0) is 21.2. The van der Waals surface area contributed by atoms with Gasteiger partial charge in [-0.15, -0.1) is 11.3 Å². The maximum atomic E-state index is 13.6. The molecule has 0 aliphatic heterocycles. The van der Waals surface area contributed by atoms with Gasteiger partial charge in [0.2, 0.25) is 15.7 Å². The van der Waals surface area contributed by atoms with Crippen molar-refractivity contribution >= 4 is 61.9 Å². The van der Waals surface area contributed by atoms with Crippen molar-refractivity contribution in [2.75, 3.05) is 16.8 Å². The van der Waals surface area contributed by atoms with Gasteiger partial charge in [0.1, 0.15) is 26.6 Å². The second-order valence-corrected chi connectivity index (χ2v) is 10.2. The van der Waals surface area contributed by atoms with Gasteiger partial charge < -0.3 is 11.1 Å². The lowest BCUT2D eigenvalue weighted by atomic mass is 10.3. The second-order valence-electron chi connectivity index (χ2n) is 5.43. The molecule has 3 rings (SSSR count). The zero-order valence-electron chi connectivity index (χ0n) is 14.2. The van der Waals surface area contributed by atoms with Crippen molar-refractivity contribution in [2.45, 2.75) is 14.3 Å². The van der Waals surface area contributed by atoms with Crippen molar-refractivity contribution in [1.82, 2.24) is 9.97 Å². The number of halogens is 3. The van der Waals surface area contributed by atoms with Crippen LogP contribution in [0.15, 0.2) is 50.8 Å². The summed E-state index contributed by atoms with van der Waals surface area (Å²) in [6.45, 7) is 0. The number of benzene rings is 1. The fourth-order valence-electron chi connectivity index (χ4n) is 2.10. The van der Waals surface area contributed by atoms with E-state index < -0.39 is 27.4 Å². The number of rotatable bonds is 6. The second kappa shape index (κ2) is 8.61. The van der Waals surface area contributed by atoms with E-state index in [2.05, 4.69) is 15.3 Å². The molecule has 0 unspecified atom stereocenters. The molecule has 7 nitrogen and oxygen atoms in total. The van der Waals surface area contributed by atoms with Crippen molar-refractivity contribution in [3.05, 3.63) is 52.5 Å². The number of sulfone groups is 1. The van der Waals surface area contributed by atoms with Crippen LogP contribution in [-0.2, 0) is 14.6 Å². The third kappa shape index (κ3) is 5.01. The van der Waals surface area contributed by atoms with Crippen LogP contribution in [0.4, 0.5) is 20.3 Å². The van der Waals surface area contributed by atoms with Gasteiger partial charge in [-0.25, -0.2) is 27.2 Å². The van der Waals surface area contributed by atoms with Crippen LogP contribution in [0, 0.1) is 11.6 Å². The first-order chi connectivity index (χ1) is 13.7. The minimum atomic E-state index is -3.92. The normalized spacial score (nSPS) is 11.4. The molecule has 0 saturated carbocycles. The standard InChI is InChI=1S/C16H11ClF2N4O3S3/c17-12-3-4-14(28-12)29(25,26)11-6-21-16(23-15(11)20)27-7-13(24)22-10-2-1-8(18)5-9(10)19/h1-6H,7H2,(H,22,24)(H2,20,21,23). The molecule has 0 radical (unpaired) electrons. The molecule has 2 aromatic heterocycles. The fourth-order valence-corrected chi connectivity index (χ4v) is 5.59. The summed E-state index contributed by atoms with van der Waals surface area (Å²) >= 11 is 7.51. The first-order valence-corrected chi connectivity index (χ1v) is 11.3. The Labute approximate surface area is 177 Å². The number of carbonyl (C=O) groups is 1. The molecule has 3 aromatic rings. The van der Waals surface area contributed by atoms with Crippen molar-refractivity contribution < 1.29 is 22.0 Å². The highest BCUT2D eigenvalue weighted by Crippen LogP contribution is 2.32. The van der Waals surface area contributed by atoms with Gasteiger partial charge in [0.05, 0.1) is 22.0 Å². The van der Waals surface area contributed by atoms with Crippen molar-refractivity contribution in [2.24, 2.45) is 0 Å². The molecule has 3 N–H and O–H groups in total. The lowest BCUT2D eigenvalue weighted by Crippen LogP contribution is -2.15. The Kier molecular flexibility index (Phi) is 6.36. The number of nitrogens with zero attached hydrogens (tertiary/aromatic N) is 2. The first kappa shape index (κ1) is 21.4. The number of hydrogen-bond donors (Lipinski definition) is 2. The number of carbonyl (C=O) groups excluding carboxylic acids is 1. The van der Waals surface area contributed by atoms with Crippen LogP contribution in [-0.4, -0.2) is 30.0 Å². The van der Waals surface area contributed by atoms with Crippen molar-refractivity contribution in [3.8, 4) is 0 Å². The average Bonchev–Trinajstić information content (AvgIpc) is 3.09. The third-order valence-corrected chi connectivity index (χ3v) is 7.76. The summed E-state index contributed by atoms with van der Waals surface area (Å²) in [6, 6.07) is 5.55. The molecule has 0 fully saturated rings. The SMILES string of the molecule is Nc1nc(SCC(=O)Nc2ccc(F)cc2F)ncc1S(=O)(=O)c1ccc(Cl)s1. The van der Waals surface area contributed by atoms with Gasteiger partial charge in [0.15, 0.2) is 5.16 Å². The molecule has 0 atom stereocenters. The van der Waals surface area contributed by atoms with E-state index in [1.165, 1.54) is 12.1 Å². The van der Waals surface area contributed by atoms with Gasteiger partial charge >= 0.3 is 0 Å². The van der Waals surface area contributed by atoms with E-state index in [0.29, 0.717) is 10.4 Å². The van der Waals surface area contributed by atoms with E-state index in [1.807, 2.05) is 0 Å². The molecule has 1 aromatic carbocycles. The monoisotopic (exact) mass is 476 g/mol. The summed E-state index contributed by atoms with van der Waals surface area (Å²) in [7, 11) is -3.92. The summed E-state index contributed by atoms with van der Waals surface area (Å²) < 4.78 is 51.9. The van der Waals surface area contributed by atoms with Gasteiger partial charge in [-0.1, -0.05) is 23.4 Å². The Balaban J connectivity index is 1.68. The summed E-state index contributed by atoms with van der Waals surface area (Å²) in [6.07, 6.45) is 1.05. The minimum absolute atomic E-state index is 0.00101. The van der Waals surface area contributed by atoms with Gasteiger partial charge in [0, 0.05) is 6.07 Å². The molecule has 0 aliphatic rings. The summed E-state index contributed by atoms with van der Waals surface area (Å²) in [4.78, 5) is 19.5.